The van der Waals surface area contributed by atoms with Gasteiger partial charge in [0.1, 0.15) is 0 Å². The summed E-state index contributed by atoms with van der Waals surface area (Å²) in [4.78, 5) is 20.6. The van der Waals surface area contributed by atoms with Crippen molar-refractivity contribution in [2.75, 3.05) is 11.1 Å². The number of nitrogens with one attached hydrogen (secondary N) is 1. The fraction of sp³-hybridized carbons (Fsp3) is 0.154. The molecule has 3 rings (SSSR count). The van der Waals surface area contributed by atoms with E-state index in [1.54, 1.807) is 18.5 Å². The van der Waals surface area contributed by atoms with Gasteiger partial charge < -0.3 is 11.1 Å². The second-order valence-electron chi connectivity index (χ2n) is 4.23. The van der Waals surface area contributed by atoms with Crippen LogP contribution >= 0.6 is 11.8 Å². The summed E-state index contributed by atoms with van der Waals surface area (Å²) in [5.74, 6) is 0.0455. The predicted octanol–water partition coefficient (Wildman–Crippen LogP) is 2.09. The molecule has 0 bridgehead atoms. The Morgan fingerprint density at radius 1 is 1.21 bits per heavy atom. The van der Waals surface area contributed by atoms with Crippen LogP contribution < -0.4 is 11.1 Å². The van der Waals surface area contributed by atoms with Crippen LogP contribution in [0, 0.1) is 0 Å². The van der Waals surface area contributed by atoms with Crippen molar-refractivity contribution < 1.29 is 4.79 Å². The molecule has 0 fully saturated rings. The number of carbonyl (C=O) groups is 1. The average molecular weight is 272 g/mol. The van der Waals surface area contributed by atoms with Crippen LogP contribution in [0.1, 0.15) is 12.0 Å². The van der Waals surface area contributed by atoms with Crippen LogP contribution in [0.4, 0.5) is 11.4 Å². The molecule has 1 amide bonds. The van der Waals surface area contributed by atoms with Crippen LogP contribution in [0.5, 0.6) is 0 Å². The monoisotopic (exact) mass is 272 g/mol. The van der Waals surface area contributed by atoms with Crippen molar-refractivity contribution in [2.45, 2.75) is 22.9 Å². The number of anilines is 2. The smallest absolute Gasteiger partial charge is 0.224 e. The Labute approximate surface area is 114 Å². The van der Waals surface area contributed by atoms with Crippen molar-refractivity contribution in [1.82, 2.24) is 9.97 Å². The number of benzene rings is 1. The van der Waals surface area contributed by atoms with E-state index in [9.17, 15) is 4.79 Å². The molecule has 1 aliphatic heterocycles. The van der Waals surface area contributed by atoms with Crippen LogP contribution in [-0.2, 0) is 11.2 Å². The van der Waals surface area contributed by atoms with E-state index in [2.05, 4.69) is 15.3 Å². The van der Waals surface area contributed by atoms with Crippen LogP contribution in [0.15, 0.2) is 40.6 Å². The molecule has 1 aromatic heterocycles. The van der Waals surface area contributed by atoms with Crippen LogP contribution in [0.3, 0.4) is 0 Å². The molecule has 0 unspecified atom stereocenters. The van der Waals surface area contributed by atoms with Gasteiger partial charge in [0.15, 0.2) is 5.16 Å². The van der Waals surface area contributed by atoms with Crippen molar-refractivity contribution >= 4 is 29.0 Å². The van der Waals surface area contributed by atoms with Gasteiger partial charge in [0, 0.05) is 35.1 Å². The van der Waals surface area contributed by atoms with Gasteiger partial charge in [0.05, 0.1) is 0 Å². The second kappa shape index (κ2) is 4.89. The number of aryl methyl sites for hydroxylation is 1. The van der Waals surface area contributed by atoms with Gasteiger partial charge in [-0.3, -0.25) is 4.79 Å². The Hall–Kier alpha value is -2.08. The molecule has 96 valence electrons. The van der Waals surface area contributed by atoms with E-state index in [0.29, 0.717) is 17.3 Å². The van der Waals surface area contributed by atoms with Crippen LogP contribution in [0.25, 0.3) is 0 Å². The van der Waals surface area contributed by atoms with E-state index in [1.165, 1.54) is 11.8 Å². The highest BCUT2D eigenvalue weighted by atomic mass is 32.2. The first-order valence-corrected chi connectivity index (χ1v) is 6.71. The van der Waals surface area contributed by atoms with Gasteiger partial charge >= 0.3 is 0 Å². The summed E-state index contributed by atoms with van der Waals surface area (Å²) in [5.41, 5.74) is 8.64. The van der Waals surface area contributed by atoms with E-state index in [-0.39, 0.29) is 5.91 Å². The van der Waals surface area contributed by atoms with Crippen molar-refractivity contribution in [1.29, 1.82) is 0 Å². The van der Waals surface area contributed by atoms with E-state index in [4.69, 9.17) is 5.73 Å². The van der Waals surface area contributed by atoms with Gasteiger partial charge in [-0.15, -0.1) is 0 Å². The third-order valence-electron chi connectivity index (χ3n) is 2.87. The predicted molar refractivity (Wildman–Crippen MR) is 74.0 cm³/mol. The maximum Gasteiger partial charge on any atom is 0.224 e. The van der Waals surface area contributed by atoms with E-state index < -0.39 is 0 Å². The maximum atomic E-state index is 11.4. The van der Waals surface area contributed by atoms with Gasteiger partial charge in [-0.25, -0.2) is 9.97 Å². The Morgan fingerprint density at radius 2 is 2.00 bits per heavy atom. The van der Waals surface area contributed by atoms with Crippen LogP contribution in [-0.4, -0.2) is 15.9 Å². The first-order chi connectivity index (χ1) is 9.22. The molecule has 2 aromatic rings. The molecule has 0 atom stereocenters. The summed E-state index contributed by atoms with van der Waals surface area (Å²) in [7, 11) is 0. The molecule has 3 N–H and O–H groups in total. The lowest BCUT2D eigenvalue weighted by molar-refractivity contribution is -0.116. The van der Waals surface area contributed by atoms with Crippen molar-refractivity contribution in [2.24, 2.45) is 0 Å². The molecule has 6 heteroatoms. The van der Waals surface area contributed by atoms with Crippen LogP contribution in [0.2, 0.25) is 0 Å². The Kier molecular flexibility index (Phi) is 3.08. The van der Waals surface area contributed by atoms with Gasteiger partial charge in [0.25, 0.3) is 0 Å². The molecule has 0 saturated heterocycles. The average Bonchev–Trinajstić information content (AvgIpc) is 2.41. The number of hydrogen-bond acceptors (Lipinski definition) is 5. The molecular weight excluding hydrogens is 260 g/mol. The number of nitrogens with zero attached hydrogens (tertiary/aromatic N) is 2. The molecule has 0 radical (unpaired) electrons. The largest absolute Gasteiger partial charge is 0.398 e. The van der Waals surface area contributed by atoms with E-state index in [1.807, 2.05) is 12.1 Å². The summed E-state index contributed by atoms with van der Waals surface area (Å²) in [6, 6.07) is 5.57. The number of nitrogen functional groups attached to an aromatic ring is 1. The molecule has 0 saturated carbocycles. The third-order valence-corrected chi connectivity index (χ3v) is 3.84. The SMILES string of the molecule is Nc1cc2c(cc1Sc1ncccn1)NC(=O)CC2. The first kappa shape index (κ1) is 12.0. The van der Waals surface area contributed by atoms with Crippen molar-refractivity contribution in [3.8, 4) is 0 Å². The molecule has 0 spiro atoms. The fourth-order valence-electron chi connectivity index (χ4n) is 1.95. The molecule has 5 nitrogen and oxygen atoms in total. The van der Waals surface area contributed by atoms with Crippen molar-refractivity contribution in [3.05, 3.63) is 36.2 Å². The number of amides is 1. The highest BCUT2D eigenvalue weighted by Crippen LogP contribution is 2.35. The lowest BCUT2D eigenvalue weighted by Crippen LogP contribution is -2.19. The van der Waals surface area contributed by atoms with Gasteiger partial charge in [-0.2, -0.15) is 0 Å². The second-order valence-corrected chi connectivity index (χ2v) is 5.24. The summed E-state index contributed by atoms with van der Waals surface area (Å²) in [6.45, 7) is 0. The number of fused-ring (bicyclic) bond motifs is 1. The molecule has 2 heterocycles. The van der Waals surface area contributed by atoms with E-state index >= 15 is 0 Å². The standard InChI is InChI=1S/C13H12N4OS/c14-9-6-8-2-3-12(18)17-10(8)7-11(9)19-13-15-4-1-5-16-13/h1,4-7H,2-3,14H2,(H,17,18). The zero-order valence-electron chi connectivity index (χ0n) is 10.1. The minimum Gasteiger partial charge on any atom is -0.398 e. The zero-order valence-corrected chi connectivity index (χ0v) is 10.9. The van der Waals surface area contributed by atoms with Gasteiger partial charge in [0.2, 0.25) is 5.91 Å². The Morgan fingerprint density at radius 3 is 2.79 bits per heavy atom. The minimum atomic E-state index is 0.0455. The normalized spacial score (nSPS) is 13.8. The highest BCUT2D eigenvalue weighted by molar-refractivity contribution is 7.99. The number of hydrogen-bond donors (Lipinski definition) is 2. The van der Waals surface area contributed by atoms with Crippen molar-refractivity contribution in [3.63, 3.8) is 0 Å². The number of aromatic nitrogens is 2. The lowest BCUT2D eigenvalue weighted by atomic mass is 10.0. The van der Waals surface area contributed by atoms with E-state index in [0.717, 1.165) is 22.6 Å². The minimum absolute atomic E-state index is 0.0455. The number of nitrogens with two attached hydrogens (primary N) is 1. The molecule has 0 aliphatic carbocycles. The first-order valence-electron chi connectivity index (χ1n) is 5.89. The molecule has 1 aliphatic rings. The molecular formula is C13H12N4OS. The maximum absolute atomic E-state index is 11.4. The summed E-state index contributed by atoms with van der Waals surface area (Å²) in [6.07, 6.45) is 4.62. The Balaban J connectivity index is 1.94. The zero-order chi connectivity index (χ0) is 13.2. The summed E-state index contributed by atoms with van der Waals surface area (Å²) in [5, 5.41) is 3.50. The van der Waals surface area contributed by atoms with Gasteiger partial charge in [-0.1, -0.05) is 0 Å². The molecule has 19 heavy (non-hydrogen) atoms. The lowest BCUT2D eigenvalue weighted by Gasteiger charge is -2.18. The summed E-state index contributed by atoms with van der Waals surface area (Å²) >= 11 is 1.39. The molecule has 1 aromatic carbocycles. The quantitative estimate of drug-likeness (QED) is 0.646. The number of rotatable bonds is 2. The highest BCUT2D eigenvalue weighted by Gasteiger charge is 2.17. The topological polar surface area (TPSA) is 80.9 Å². The number of carbonyl (C=O) groups excluding carboxylic acids is 1. The third kappa shape index (κ3) is 2.53. The Bertz CT molecular complexity index is 630. The van der Waals surface area contributed by atoms with Gasteiger partial charge in [-0.05, 0) is 41.9 Å². The summed E-state index contributed by atoms with van der Waals surface area (Å²) < 4.78 is 0. The fourth-order valence-corrected chi connectivity index (χ4v) is 2.73.